The first-order valence-corrected chi connectivity index (χ1v) is 8.69. The minimum atomic E-state index is -0.330. The Morgan fingerprint density at radius 2 is 1.82 bits per heavy atom. The number of halogens is 1. The molecule has 1 aromatic rings. The van der Waals surface area contributed by atoms with E-state index in [-0.39, 0.29) is 5.97 Å². The molecule has 0 amide bonds. The standard InChI is InChI=1S/C19H27ClO2/c1-2-3-4-5-6-7-8-9-10-11-15-22-19(21)17-13-12-14-18(20)16-17/h10-14,16H,2-9,15H2,1H3/b11-10+. The Morgan fingerprint density at radius 1 is 1.09 bits per heavy atom. The average molecular weight is 323 g/mol. The van der Waals surface area contributed by atoms with Gasteiger partial charge in [-0.2, -0.15) is 0 Å². The Hall–Kier alpha value is -1.28. The summed E-state index contributed by atoms with van der Waals surface area (Å²) in [5.74, 6) is -0.330. The van der Waals surface area contributed by atoms with Crippen molar-refractivity contribution in [3.05, 3.63) is 47.0 Å². The van der Waals surface area contributed by atoms with Crippen LogP contribution in [0.3, 0.4) is 0 Å². The van der Waals surface area contributed by atoms with E-state index in [1.165, 1.54) is 44.9 Å². The number of ether oxygens (including phenoxy) is 1. The van der Waals surface area contributed by atoms with Crippen molar-refractivity contribution < 1.29 is 9.53 Å². The first-order valence-electron chi connectivity index (χ1n) is 8.31. The maximum absolute atomic E-state index is 11.7. The van der Waals surface area contributed by atoms with Gasteiger partial charge in [-0.3, -0.25) is 0 Å². The molecule has 0 bridgehead atoms. The molecule has 0 N–H and O–H groups in total. The van der Waals surface area contributed by atoms with Crippen LogP contribution in [0.25, 0.3) is 0 Å². The smallest absolute Gasteiger partial charge is 0.338 e. The van der Waals surface area contributed by atoms with Crippen molar-refractivity contribution >= 4 is 17.6 Å². The van der Waals surface area contributed by atoms with Crippen LogP contribution in [0.2, 0.25) is 5.02 Å². The summed E-state index contributed by atoms with van der Waals surface area (Å²) in [7, 11) is 0. The van der Waals surface area contributed by atoms with Crippen LogP contribution in [-0.4, -0.2) is 12.6 Å². The molecule has 22 heavy (non-hydrogen) atoms. The molecule has 2 nitrogen and oxygen atoms in total. The highest BCUT2D eigenvalue weighted by molar-refractivity contribution is 6.30. The number of carbonyl (C=O) groups is 1. The first-order chi connectivity index (χ1) is 10.7. The molecule has 0 radical (unpaired) electrons. The van der Waals surface area contributed by atoms with Crippen LogP contribution in [0.1, 0.15) is 68.6 Å². The van der Waals surface area contributed by atoms with Gasteiger partial charge in [0.05, 0.1) is 5.56 Å². The van der Waals surface area contributed by atoms with E-state index >= 15 is 0 Å². The normalized spacial score (nSPS) is 11.0. The topological polar surface area (TPSA) is 26.3 Å². The van der Waals surface area contributed by atoms with Gasteiger partial charge in [-0.15, -0.1) is 0 Å². The van der Waals surface area contributed by atoms with Gasteiger partial charge in [-0.25, -0.2) is 4.79 Å². The third-order valence-corrected chi connectivity index (χ3v) is 3.75. The van der Waals surface area contributed by atoms with E-state index in [4.69, 9.17) is 16.3 Å². The fourth-order valence-corrected chi connectivity index (χ4v) is 2.42. The molecule has 3 heteroatoms. The molecule has 0 saturated carbocycles. The minimum absolute atomic E-state index is 0.321. The monoisotopic (exact) mass is 322 g/mol. The van der Waals surface area contributed by atoms with Gasteiger partial charge >= 0.3 is 5.97 Å². The summed E-state index contributed by atoms with van der Waals surface area (Å²) in [5.41, 5.74) is 0.493. The number of carbonyl (C=O) groups excluding carboxylic acids is 1. The summed E-state index contributed by atoms with van der Waals surface area (Å²) in [6.45, 7) is 2.56. The van der Waals surface area contributed by atoms with E-state index in [0.717, 1.165) is 6.42 Å². The van der Waals surface area contributed by atoms with Crippen LogP contribution < -0.4 is 0 Å². The molecule has 122 valence electrons. The summed E-state index contributed by atoms with van der Waals surface area (Å²) < 4.78 is 5.17. The Kier molecular flexibility index (Phi) is 10.5. The van der Waals surface area contributed by atoms with E-state index in [1.54, 1.807) is 24.3 Å². The SMILES string of the molecule is CCCCCCCCC/C=C/COC(=O)c1cccc(Cl)c1. The number of hydrogen-bond acceptors (Lipinski definition) is 2. The van der Waals surface area contributed by atoms with Crippen LogP contribution in [0, 0.1) is 0 Å². The maximum atomic E-state index is 11.7. The zero-order valence-electron chi connectivity index (χ0n) is 13.5. The number of unbranched alkanes of at least 4 members (excludes halogenated alkanes) is 7. The zero-order valence-corrected chi connectivity index (χ0v) is 14.3. The number of allylic oxidation sites excluding steroid dienone is 1. The van der Waals surface area contributed by atoms with Crippen molar-refractivity contribution in [3.8, 4) is 0 Å². The predicted molar refractivity (Wildman–Crippen MR) is 93.5 cm³/mol. The number of hydrogen-bond donors (Lipinski definition) is 0. The molecule has 0 aromatic heterocycles. The van der Waals surface area contributed by atoms with Gasteiger partial charge in [0.15, 0.2) is 0 Å². The van der Waals surface area contributed by atoms with Crippen LogP contribution in [0.5, 0.6) is 0 Å². The van der Waals surface area contributed by atoms with Crippen LogP contribution in [-0.2, 0) is 4.74 Å². The molecule has 0 heterocycles. The fraction of sp³-hybridized carbons (Fsp3) is 0.526. The predicted octanol–water partition coefficient (Wildman–Crippen LogP) is 6.19. The molecule has 0 atom stereocenters. The molecule has 0 aliphatic carbocycles. The van der Waals surface area contributed by atoms with Crippen molar-refractivity contribution in [1.29, 1.82) is 0 Å². The lowest BCUT2D eigenvalue weighted by atomic mass is 10.1. The lowest BCUT2D eigenvalue weighted by molar-refractivity contribution is 0.0549. The summed E-state index contributed by atoms with van der Waals surface area (Å²) in [4.78, 5) is 11.7. The lowest BCUT2D eigenvalue weighted by Gasteiger charge is -2.02. The molecular formula is C19H27ClO2. The molecule has 0 unspecified atom stereocenters. The van der Waals surface area contributed by atoms with Crippen molar-refractivity contribution in [2.75, 3.05) is 6.61 Å². The van der Waals surface area contributed by atoms with E-state index < -0.39 is 0 Å². The Morgan fingerprint density at radius 3 is 2.55 bits per heavy atom. The molecule has 0 spiro atoms. The van der Waals surface area contributed by atoms with Gasteiger partial charge in [0, 0.05) is 5.02 Å². The van der Waals surface area contributed by atoms with Crippen molar-refractivity contribution in [1.82, 2.24) is 0 Å². The van der Waals surface area contributed by atoms with Crippen LogP contribution in [0.15, 0.2) is 36.4 Å². The summed E-state index contributed by atoms with van der Waals surface area (Å²) >= 11 is 5.84. The van der Waals surface area contributed by atoms with Gasteiger partial charge < -0.3 is 4.74 Å². The van der Waals surface area contributed by atoms with Gasteiger partial charge in [-0.1, -0.05) is 75.3 Å². The molecule has 0 aliphatic heterocycles. The minimum Gasteiger partial charge on any atom is -0.458 e. The maximum Gasteiger partial charge on any atom is 0.338 e. The molecule has 0 aliphatic rings. The van der Waals surface area contributed by atoms with Gasteiger partial charge in [0.2, 0.25) is 0 Å². The molecule has 0 saturated heterocycles. The Bertz CT molecular complexity index is 455. The Labute approximate surface area is 139 Å². The van der Waals surface area contributed by atoms with E-state index in [2.05, 4.69) is 13.0 Å². The molecule has 1 rings (SSSR count). The second-order valence-electron chi connectivity index (χ2n) is 5.49. The lowest BCUT2D eigenvalue weighted by Crippen LogP contribution is -2.04. The van der Waals surface area contributed by atoms with Crippen LogP contribution in [0.4, 0.5) is 0 Å². The van der Waals surface area contributed by atoms with Crippen molar-refractivity contribution in [2.24, 2.45) is 0 Å². The molecular weight excluding hydrogens is 296 g/mol. The third-order valence-electron chi connectivity index (χ3n) is 3.51. The second-order valence-corrected chi connectivity index (χ2v) is 5.93. The fourth-order valence-electron chi connectivity index (χ4n) is 2.23. The van der Waals surface area contributed by atoms with Gasteiger partial charge in [0.1, 0.15) is 6.61 Å². The zero-order chi connectivity index (χ0) is 16.0. The van der Waals surface area contributed by atoms with Crippen molar-refractivity contribution in [3.63, 3.8) is 0 Å². The quantitative estimate of drug-likeness (QED) is 0.275. The molecule has 0 fully saturated rings. The Balaban J connectivity index is 2.03. The van der Waals surface area contributed by atoms with Gasteiger partial charge in [0.25, 0.3) is 0 Å². The summed E-state index contributed by atoms with van der Waals surface area (Å²) in [6, 6.07) is 6.80. The number of esters is 1. The molecule has 1 aromatic carbocycles. The highest BCUT2D eigenvalue weighted by atomic mass is 35.5. The van der Waals surface area contributed by atoms with E-state index in [9.17, 15) is 4.79 Å². The van der Waals surface area contributed by atoms with E-state index in [0.29, 0.717) is 17.2 Å². The highest BCUT2D eigenvalue weighted by Crippen LogP contribution is 2.12. The van der Waals surface area contributed by atoms with E-state index in [1.807, 2.05) is 6.08 Å². The first kappa shape index (κ1) is 18.8. The third kappa shape index (κ3) is 8.89. The highest BCUT2D eigenvalue weighted by Gasteiger charge is 2.05. The number of rotatable bonds is 11. The second kappa shape index (κ2) is 12.3. The van der Waals surface area contributed by atoms with Crippen LogP contribution >= 0.6 is 11.6 Å². The largest absolute Gasteiger partial charge is 0.458 e. The average Bonchev–Trinajstić information content (AvgIpc) is 2.52. The van der Waals surface area contributed by atoms with Gasteiger partial charge in [-0.05, 0) is 31.0 Å². The number of benzene rings is 1. The summed E-state index contributed by atoms with van der Waals surface area (Å²) in [6.07, 6.45) is 14.3. The summed E-state index contributed by atoms with van der Waals surface area (Å²) in [5, 5.41) is 0.545. The van der Waals surface area contributed by atoms with Crippen molar-refractivity contribution in [2.45, 2.75) is 58.3 Å².